The Morgan fingerprint density at radius 3 is 2.12 bits per heavy atom. The maximum atomic E-state index is 12.9. The van der Waals surface area contributed by atoms with E-state index in [1.165, 1.54) is 11.1 Å². The van der Waals surface area contributed by atoms with Crippen LogP contribution in [0.25, 0.3) is 0 Å². The van der Waals surface area contributed by atoms with Gasteiger partial charge in [-0.3, -0.25) is 14.5 Å². The summed E-state index contributed by atoms with van der Waals surface area (Å²) < 4.78 is 10.5. The molecule has 7 heteroatoms. The van der Waals surface area contributed by atoms with Crippen LogP contribution in [-0.2, 0) is 4.79 Å². The lowest BCUT2D eigenvalue weighted by Crippen LogP contribution is -2.51. The van der Waals surface area contributed by atoms with Crippen LogP contribution in [0.2, 0.25) is 0 Å². The zero-order valence-electron chi connectivity index (χ0n) is 19.6. The average Bonchev–Trinajstić information content (AvgIpc) is 2.80. The van der Waals surface area contributed by atoms with Crippen molar-refractivity contribution >= 4 is 11.8 Å². The SMILES string of the molecule is COc1cc(OC)cc(C(=O)N2CCN(CC(=O)NC(C)c3ccc(C)c(C)c3)CC2)c1. The highest BCUT2D eigenvalue weighted by atomic mass is 16.5. The predicted molar refractivity (Wildman–Crippen MR) is 124 cm³/mol. The summed E-state index contributed by atoms with van der Waals surface area (Å²) in [6, 6.07) is 11.4. The minimum absolute atomic E-state index is 0.00645. The Bertz CT molecular complexity index is 945. The summed E-state index contributed by atoms with van der Waals surface area (Å²) in [7, 11) is 3.13. The molecule has 1 saturated heterocycles. The Morgan fingerprint density at radius 1 is 0.938 bits per heavy atom. The first-order valence-corrected chi connectivity index (χ1v) is 10.9. The van der Waals surface area contributed by atoms with Crippen molar-refractivity contribution in [3.63, 3.8) is 0 Å². The van der Waals surface area contributed by atoms with Crippen molar-refractivity contribution in [2.75, 3.05) is 46.9 Å². The van der Waals surface area contributed by atoms with Crippen LogP contribution in [0.1, 0.15) is 40.0 Å². The first kappa shape index (κ1) is 23.6. The molecular formula is C25H33N3O4. The van der Waals surface area contributed by atoms with Gasteiger partial charge in [0.25, 0.3) is 5.91 Å². The molecule has 0 aliphatic carbocycles. The van der Waals surface area contributed by atoms with Gasteiger partial charge in [-0.15, -0.1) is 0 Å². The van der Waals surface area contributed by atoms with E-state index in [1.807, 2.05) is 6.92 Å². The van der Waals surface area contributed by atoms with Crippen LogP contribution in [0.15, 0.2) is 36.4 Å². The molecule has 2 amide bonds. The lowest BCUT2D eigenvalue weighted by molar-refractivity contribution is -0.123. The van der Waals surface area contributed by atoms with E-state index in [1.54, 1.807) is 37.3 Å². The Morgan fingerprint density at radius 2 is 1.56 bits per heavy atom. The molecule has 1 heterocycles. The number of nitrogens with one attached hydrogen (secondary N) is 1. The zero-order valence-corrected chi connectivity index (χ0v) is 19.6. The number of carbonyl (C=O) groups is 2. The average molecular weight is 440 g/mol. The van der Waals surface area contributed by atoms with Gasteiger partial charge in [-0.1, -0.05) is 18.2 Å². The van der Waals surface area contributed by atoms with E-state index in [0.29, 0.717) is 49.8 Å². The van der Waals surface area contributed by atoms with Gasteiger partial charge in [0, 0.05) is 37.8 Å². The fourth-order valence-corrected chi connectivity index (χ4v) is 3.83. The van der Waals surface area contributed by atoms with Crippen LogP contribution in [0.3, 0.4) is 0 Å². The monoisotopic (exact) mass is 439 g/mol. The van der Waals surface area contributed by atoms with Gasteiger partial charge in [-0.05, 0) is 49.6 Å². The first-order chi connectivity index (χ1) is 15.3. The number of carbonyl (C=O) groups excluding carboxylic acids is 2. The van der Waals surface area contributed by atoms with Gasteiger partial charge in [0.2, 0.25) is 5.91 Å². The topological polar surface area (TPSA) is 71.1 Å². The second kappa shape index (κ2) is 10.5. The van der Waals surface area contributed by atoms with Gasteiger partial charge in [0.1, 0.15) is 11.5 Å². The molecular weight excluding hydrogens is 406 g/mol. The molecule has 1 aliphatic heterocycles. The summed E-state index contributed by atoms with van der Waals surface area (Å²) >= 11 is 0. The highest BCUT2D eigenvalue weighted by molar-refractivity contribution is 5.95. The van der Waals surface area contributed by atoms with E-state index >= 15 is 0 Å². The van der Waals surface area contributed by atoms with Gasteiger partial charge in [0.15, 0.2) is 0 Å². The van der Waals surface area contributed by atoms with E-state index in [-0.39, 0.29) is 17.9 Å². The molecule has 0 bridgehead atoms. The number of ether oxygens (including phenoxy) is 2. The third-order valence-corrected chi connectivity index (χ3v) is 6.03. The highest BCUT2D eigenvalue weighted by Gasteiger charge is 2.24. The van der Waals surface area contributed by atoms with Crippen LogP contribution in [0, 0.1) is 13.8 Å². The van der Waals surface area contributed by atoms with Crippen molar-refractivity contribution in [2.45, 2.75) is 26.8 Å². The number of rotatable bonds is 7. The van der Waals surface area contributed by atoms with Gasteiger partial charge in [-0.2, -0.15) is 0 Å². The summed E-state index contributed by atoms with van der Waals surface area (Å²) in [5.41, 5.74) is 4.10. The molecule has 2 aromatic carbocycles. The third kappa shape index (κ3) is 5.79. The minimum Gasteiger partial charge on any atom is -0.497 e. The Balaban J connectivity index is 1.51. The van der Waals surface area contributed by atoms with Gasteiger partial charge < -0.3 is 19.7 Å². The van der Waals surface area contributed by atoms with Crippen LogP contribution in [0.4, 0.5) is 0 Å². The summed E-state index contributed by atoms with van der Waals surface area (Å²) in [6.45, 7) is 8.92. The molecule has 1 fully saturated rings. The Hall–Kier alpha value is -3.06. The van der Waals surface area contributed by atoms with Crippen molar-refractivity contribution in [2.24, 2.45) is 0 Å². The Labute approximate surface area is 190 Å². The fraction of sp³-hybridized carbons (Fsp3) is 0.440. The molecule has 0 spiro atoms. The van der Waals surface area contributed by atoms with Crippen LogP contribution in [-0.4, -0.2) is 68.6 Å². The number of amides is 2. The normalized spacial score (nSPS) is 15.2. The number of hydrogen-bond donors (Lipinski definition) is 1. The molecule has 172 valence electrons. The summed E-state index contributed by atoms with van der Waals surface area (Å²) in [5, 5.41) is 3.09. The molecule has 0 saturated carbocycles. The lowest BCUT2D eigenvalue weighted by Gasteiger charge is -2.34. The highest BCUT2D eigenvalue weighted by Crippen LogP contribution is 2.24. The van der Waals surface area contributed by atoms with E-state index in [0.717, 1.165) is 5.56 Å². The molecule has 1 aliphatic rings. The van der Waals surface area contributed by atoms with Crippen molar-refractivity contribution in [1.29, 1.82) is 0 Å². The zero-order chi connectivity index (χ0) is 23.3. The van der Waals surface area contributed by atoms with E-state index in [4.69, 9.17) is 9.47 Å². The van der Waals surface area contributed by atoms with Crippen LogP contribution >= 0.6 is 0 Å². The van der Waals surface area contributed by atoms with Crippen molar-refractivity contribution in [1.82, 2.24) is 15.1 Å². The molecule has 7 nitrogen and oxygen atoms in total. The van der Waals surface area contributed by atoms with Gasteiger partial charge in [0.05, 0.1) is 26.8 Å². The van der Waals surface area contributed by atoms with E-state index < -0.39 is 0 Å². The number of benzene rings is 2. The quantitative estimate of drug-likeness (QED) is 0.718. The van der Waals surface area contributed by atoms with Crippen molar-refractivity contribution in [3.05, 3.63) is 58.7 Å². The largest absolute Gasteiger partial charge is 0.497 e. The first-order valence-electron chi connectivity index (χ1n) is 10.9. The third-order valence-electron chi connectivity index (χ3n) is 6.03. The molecule has 0 aromatic heterocycles. The lowest BCUT2D eigenvalue weighted by atomic mass is 10.0. The van der Waals surface area contributed by atoms with Gasteiger partial charge in [-0.25, -0.2) is 0 Å². The second-order valence-corrected chi connectivity index (χ2v) is 8.30. The molecule has 1 unspecified atom stereocenters. The number of methoxy groups -OCH3 is 2. The van der Waals surface area contributed by atoms with Gasteiger partial charge >= 0.3 is 0 Å². The van der Waals surface area contributed by atoms with E-state index in [2.05, 4.69) is 42.3 Å². The Kier molecular flexibility index (Phi) is 7.75. The number of piperazine rings is 1. The fourth-order valence-electron chi connectivity index (χ4n) is 3.83. The minimum atomic E-state index is -0.0605. The number of nitrogens with zero attached hydrogens (tertiary/aromatic N) is 2. The molecule has 1 N–H and O–H groups in total. The van der Waals surface area contributed by atoms with Crippen LogP contribution in [0.5, 0.6) is 11.5 Å². The van der Waals surface area contributed by atoms with Crippen LogP contribution < -0.4 is 14.8 Å². The summed E-state index contributed by atoms with van der Waals surface area (Å²) in [4.78, 5) is 29.4. The maximum Gasteiger partial charge on any atom is 0.254 e. The number of hydrogen-bond acceptors (Lipinski definition) is 5. The molecule has 3 rings (SSSR count). The predicted octanol–water partition coefficient (Wildman–Crippen LogP) is 2.96. The van der Waals surface area contributed by atoms with E-state index in [9.17, 15) is 9.59 Å². The smallest absolute Gasteiger partial charge is 0.254 e. The standard InChI is InChI=1S/C25H33N3O4/c1-17-6-7-20(12-18(17)2)19(3)26-24(29)16-27-8-10-28(11-9-27)25(30)21-13-22(31-4)15-23(14-21)32-5/h6-7,12-15,19H,8-11,16H2,1-5H3,(H,26,29). The van der Waals surface area contributed by atoms with Crippen molar-refractivity contribution in [3.8, 4) is 11.5 Å². The summed E-state index contributed by atoms with van der Waals surface area (Å²) in [5.74, 6) is 1.10. The second-order valence-electron chi connectivity index (χ2n) is 8.30. The molecule has 2 aromatic rings. The molecule has 32 heavy (non-hydrogen) atoms. The number of aryl methyl sites for hydroxylation is 2. The molecule has 1 atom stereocenters. The summed E-state index contributed by atoms with van der Waals surface area (Å²) in [6.07, 6.45) is 0. The molecule has 0 radical (unpaired) electrons. The maximum absolute atomic E-state index is 12.9. The van der Waals surface area contributed by atoms with Crippen molar-refractivity contribution < 1.29 is 19.1 Å².